The highest BCUT2D eigenvalue weighted by Crippen LogP contribution is 2.23. The molecule has 0 spiro atoms. The van der Waals surface area contributed by atoms with E-state index < -0.39 is 0 Å². The molecule has 180 valence electrons. The minimum absolute atomic E-state index is 0.0950. The van der Waals surface area contributed by atoms with Crippen LogP contribution in [0.3, 0.4) is 0 Å². The van der Waals surface area contributed by atoms with E-state index >= 15 is 0 Å². The number of hydrogen-bond acceptors (Lipinski definition) is 7. The van der Waals surface area contributed by atoms with Gasteiger partial charge in [-0.1, -0.05) is 11.8 Å². The van der Waals surface area contributed by atoms with E-state index in [1.807, 2.05) is 35.8 Å². The molecule has 2 N–H and O–H groups in total. The molecule has 34 heavy (non-hydrogen) atoms. The number of nitrogens with zero attached hydrogens (tertiary/aromatic N) is 3. The lowest BCUT2D eigenvalue weighted by molar-refractivity contribution is -0.113. The summed E-state index contributed by atoms with van der Waals surface area (Å²) >= 11 is 1.33. The van der Waals surface area contributed by atoms with E-state index in [1.54, 1.807) is 12.1 Å². The molecule has 2 heterocycles. The van der Waals surface area contributed by atoms with Gasteiger partial charge in [-0.15, -0.1) is 10.2 Å². The Morgan fingerprint density at radius 2 is 1.94 bits per heavy atom. The largest absolute Gasteiger partial charge is 0.494 e. The van der Waals surface area contributed by atoms with Crippen molar-refractivity contribution in [2.75, 3.05) is 29.6 Å². The molecule has 0 unspecified atom stereocenters. The Labute approximate surface area is 202 Å². The van der Waals surface area contributed by atoms with Crippen LogP contribution >= 0.6 is 11.8 Å². The van der Waals surface area contributed by atoms with Gasteiger partial charge in [0, 0.05) is 18.0 Å². The topological polar surface area (TPSA) is 90.3 Å². The molecule has 1 aliphatic heterocycles. The summed E-state index contributed by atoms with van der Waals surface area (Å²) in [5.74, 6) is 1.27. The van der Waals surface area contributed by atoms with Crippen LogP contribution in [0.5, 0.6) is 5.75 Å². The monoisotopic (exact) mass is 485 g/mol. The highest BCUT2D eigenvalue weighted by molar-refractivity contribution is 7.99. The number of halogens is 1. The van der Waals surface area contributed by atoms with Crippen molar-refractivity contribution in [1.82, 2.24) is 14.8 Å². The van der Waals surface area contributed by atoms with Crippen LogP contribution < -0.4 is 15.4 Å². The Bertz CT molecular complexity index is 1070. The average Bonchev–Trinajstić information content (AvgIpc) is 3.49. The van der Waals surface area contributed by atoms with Crippen molar-refractivity contribution in [3.63, 3.8) is 0 Å². The zero-order chi connectivity index (χ0) is 23.8. The van der Waals surface area contributed by atoms with Crippen LogP contribution in [0.15, 0.2) is 53.7 Å². The molecular weight excluding hydrogens is 457 g/mol. The molecule has 10 heteroatoms. The van der Waals surface area contributed by atoms with Crippen LogP contribution in [0.4, 0.5) is 15.8 Å². The number of thioether (sulfide) groups is 1. The number of ether oxygens (including phenoxy) is 2. The second-order valence-electron chi connectivity index (χ2n) is 7.80. The van der Waals surface area contributed by atoms with Gasteiger partial charge in [-0.25, -0.2) is 4.39 Å². The smallest absolute Gasteiger partial charge is 0.234 e. The number of anilines is 2. The molecular formula is C24H28FN5O3S. The fourth-order valence-electron chi connectivity index (χ4n) is 3.61. The maximum absolute atomic E-state index is 13.2. The van der Waals surface area contributed by atoms with Crippen LogP contribution in [0.25, 0.3) is 0 Å². The van der Waals surface area contributed by atoms with Crippen molar-refractivity contribution in [2.45, 2.75) is 44.1 Å². The minimum atomic E-state index is -0.283. The molecule has 1 amide bonds. The van der Waals surface area contributed by atoms with Crippen LogP contribution in [0.2, 0.25) is 0 Å². The number of carbonyl (C=O) groups is 1. The third-order valence-corrected chi connectivity index (χ3v) is 6.25. The Kier molecular flexibility index (Phi) is 8.37. The molecule has 4 rings (SSSR count). The fourth-order valence-corrected chi connectivity index (χ4v) is 4.38. The lowest BCUT2D eigenvalue weighted by Gasteiger charge is -2.15. The third-order valence-electron chi connectivity index (χ3n) is 5.28. The quantitative estimate of drug-likeness (QED) is 0.391. The molecule has 3 aromatic rings. The molecule has 1 atom stereocenters. The van der Waals surface area contributed by atoms with Gasteiger partial charge < -0.3 is 24.7 Å². The normalized spacial score (nSPS) is 15.3. The van der Waals surface area contributed by atoms with Gasteiger partial charge in [-0.2, -0.15) is 0 Å². The highest BCUT2D eigenvalue weighted by atomic mass is 32.2. The van der Waals surface area contributed by atoms with Gasteiger partial charge in [0.05, 0.1) is 31.6 Å². The van der Waals surface area contributed by atoms with Gasteiger partial charge in [-0.05, 0) is 68.3 Å². The van der Waals surface area contributed by atoms with Gasteiger partial charge in [0.25, 0.3) is 0 Å². The standard InChI is InChI=1S/C24H28FN5O3S/c1-2-32-20-11-9-19(10-12-20)27-23(31)16-34-24-29-28-22(30(24)15-21-4-3-13-33-21)14-26-18-7-5-17(25)6-8-18/h5-12,21,26H,2-4,13-16H2,1H3,(H,27,31)/t21-/m1/s1. The fraction of sp³-hybridized carbons (Fsp3) is 0.375. The van der Waals surface area contributed by atoms with Crippen LogP contribution in [0, 0.1) is 5.82 Å². The van der Waals surface area contributed by atoms with E-state index in [0.29, 0.717) is 30.5 Å². The zero-order valence-electron chi connectivity index (χ0n) is 19.0. The van der Waals surface area contributed by atoms with E-state index in [4.69, 9.17) is 9.47 Å². The molecule has 0 radical (unpaired) electrons. The lowest BCUT2D eigenvalue weighted by Crippen LogP contribution is -2.20. The van der Waals surface area contributed by atoms with Crippen molar-refractivity contribution in [2.24, 2.45) is 0 Å². The number of hydrogen-bond donors (Lipinski definition) is 2. The van der Waals surface area contributed by atoms with E-state index in [0.717, 1.165) is 36.7 Å². The molecule has 1 saturated heterocycles. The Balaban J connectivity index is 1.38. The Morgan fingerprint density at radius 1 is 1.18 bits per heavy atom. The van der Waals surface area contributed by atoms with Crippen LogP contribution in [-0.2, 0) is 22.6 Å². The molecule has 8 nitrogen and oxygen atoms in total. The summed E-state index contributed by atoms with van der Waals surface area (Å²) in [5, 5.41) is 15.5. The van der Waals surface area contributed by atoms with Crippen molar-refractivity contribution < 1.29 is 18.7 Å². The first kappa shape index (κ1) is 24.0. The number of benzene rings is 2. The summed E-state index contributed by atoms with van der Waals surface area (Å²) in [6.45, 7) is 4.31. The summed E-state index contributed by atoms with van der Waals surface area (Å²) in [6.07, 6.45) is 2.10. The molecule has 1 aromatic heterocycles. The summed E-state index contributed by atoms with van der Waals surface area (Å²) in [6, 6.07) is 13.4. The number of nitrogens with one attached hydrogen (secondary N) is 2. The van der Waals surface area contributed by atoms with Gasteiger partial charge in [-0.3, -0.25) is 4.79 Å². The summed E-state index contributed by atoms with van der Waals surface area (Å²) < 4.78 is 26.4. The van der Waals surface area contributed by atoms with E-state index in [-0.39, 0.29) is 23.6 Å². The number of aromatic nitrogens is 3. The highest BCUT2D eigenvalue weighted by Gasteiger charge is 2.21. The SMILES string of the molecule is CCOc1ccc(NC(=O)CSc2nnc(CNc3ccc(F)cc3)n2C[C@H]2CCCO2)cc1. The predicted octanol–water partition coefficient (Wildman–Crippen LogP) is 4.34. The lowest BCUT2D eigenvalue weighted by atomic mass is 10.2. The second-order valence-corrected chi connectivity index (χ2v) is 8.74. The average molecular weight is 486 g/mol. The number of carbonyl (C=O) groups excluding carboxylic acids is 1. The first-order chi connectivity index (χ1) is 16.6. The van der Waals surface area contributed by atoms with Crippen LogP contribution in [0.1, 0.15) is 25.6 Å². The predicted molar refractivity (Wildman–Crippen MR) is 130 cm³/mol. The molecule has 1 aliphatic rings. The van der Waals surface area contributed by atoms with Crippen molar-refractivity contribution in [3.05, 3.63) is 60.2 Å². The summed E-state index contributed by atoms with van der Waals surface area (Å²) in [5.41, 5.74) is 1.50. The van der Waals surface area contributed by atoms with Crippen molar-refractivity contribution in [3.8, 4) is 5.75 Å². The zero-order valence-corrected chi connectivity index (χ0v) is 19.8. The molecule has 0 aliphatic carbocycles. The first-order valence-electron chi connectivity index (χ1n) is 11.3. The maximum atomic E-state index is 13.2. The Morgan fingerprint density at radius 3 is 2.65 bits per heavy atom. The molecule has 2 aromatic carbocycles. The number of rotatable bonds is 11. The van der Waals surface area contributed by atoms with Gasteiger partial charge in [0.1, 0.15) is 11.6 Å². The van der Waals surface area contributed by atoms with Crippen molar-refractivity contribution in [1.29, 1.82) is 0 Å². The van der Waals surface area contributed by atoms with Gasteiger partial charge >= 0.3 is 0 Å². The van der Waals surface area contributed by atoms with Gasteiger partial charge in [0.15, 0.2) is 11.0 Å². The van der Waals surface area contributed by atoms with Crippen molar-refractivity contribution >= 4 is 29.0 Å². The molecule has 0 saturated carbocycles. The van der Waals surface area contributed by atoms with E-state index in [2.05, 4.69) is 20.8 Å². The van der Waals surface area contributed by atoms with Gasteiger partial charge in [0.2, 0.25) is 5.91 Å². The Hall–Kier alpha value is -3.11. The third kappa shape index (κ3) is 6.71. The van der Waals surface area contributed by atoms with E-state index in [9.17, 15) is 9.18 Å². The molecule has 1 fully saturated rings. The molecule has 0 bridgehead atoms. The first-order valence-corrected chi connectivity index (χ1v) is 12.3. The maximum Gasteiger partial charge on any atom is 0.234 e. The minimum Gasteiger partial charge on any atom is -0.494 e. The van der Waals surface area contributed by atoms with E-state index in [1.165, 1.54) is 23.9 Å². The second kappa shape index (κ2) is 11.8. The summed E-state index contributed by atoms with van der Waals surface area (Å²) in [4.78, 5) is 12.5. The van der Waals surface area contributed by atoms with Crippen LogP contribution in [-0.4, -0.2) is 45.7 Å². The number of amides is 1. The summed E-state index contributed by atoms with van der Waals surface area (Å²) in [7, 11) is 0.